The Hall–Kier alpha value is -1.58. The van der Waals surface area contributed by atoms with E-state index < -0.39 is 12.1 Å². The molecule has 0 bridgehead atoms. The van der Waals surface area contributed by atoms with E-state index >= 15 is 0 Å². The molecule has 3 N–H and O–H groups in total. The quantitative estimate of drug-likeness (QED) is 0.870. The van der Waals surface area contributed by atoms with Gasteiger partial charge in [0.2, 0.25) is 0 Å². The van der Waals surface area contributed by atoms with Crippen LogP contribution in [0.3, 0.4) is 0 Å². The molecule has 1 saturated carbocycles. The van der Waals surface area contributed by atoms with Crippen LogP contribution >= 0.6 is 0 Å². The minimum Gasteiger partial charge on any atom is -0.494 e. The summed E-state index contributed by atoms with van der Waals surface area (Å²) in [5.74, 6) is 1.10. The Morgan fingerprint density at radius 1 is 1.13 bits per heavy atom. The van der Waals surface area contributed by atoms with Crippen molar-refractivity contribution in [2.45, 2.75) is 51.2 Å². The van der Waals surface area contributed by atoms with Crippen molar-refractivity contribution in [3.63, 3.8) is 0 Å². The molecule has 0 aliphatic heterocycles. The highest BCUT2D eigenvalue weighted by atomic mass is 16.5. The molecule has 23 heavy (non-hydrogen) atoms. The molecular weight excluding hydrogens is 286 g/mol. The van der Waals surface area contributed by atoms with Crippen LogP contribution in [0.1, 0.15) is 50.6 Å². The largest absolute Gasteiger partial charge is 0.494 e. The fourth-order valence-corrected chi connectivity index (χ4v) is 3.84. The van der Waals surface area contributed by atoms with E-state index in [4.69, 9.17) is 10.5 Å². The maximum absolute atomic E-state index is 10.9. The molecule has 0 amide bonds. The molecule has 2 aromatic carbocycles. The number of aliphatic hydroxyl groups is 1. The highest BCUT2D eigenvalue weighted by molar-refractivity contribution is 5.88. The van der Waals surface area contributed by atoms with Crippen molar-refractivity contribution in [2.75, 3.05) is 6.61 Å². The average Bonchev–Trinajstić information content (AvgIpc) is 2.61. The van der Waals surface area contributed by atoms with Crippen molar-refractivity contribution in [2.24, 2.45) is 11.7 Å². The topological polar surface area (TPSA) is 55.5 Å². The predicted octanol–water partition coefficient (Wildman–Crippen LogP) is 4.18. The molecule has 0 heterocycles. The lowest BCUT2D eigenvalue weighted by Crippen LogP contribution is -2.34. The van der Waals surface area contributed by atoms with E-state index in [-0.39, 0.29) is 0 Å². The van der Waals surface area contributed by atoms with Gasteiger partial charge in [0, 0.05) is 5.56 Å². The fraction of sp³-hybridized carbons (Fsp3) is 0.500. The monoisotopic (exact) mass is 313 g/mol. The van der Waals surface area contributed by atoms with E-state index in [1.54, 1.807) is 0 Å². The first kappa shape index (κ1) is 16.3. The second kappa shape index (κ2) is 7.33. The van der Waals surface area contributed by atoms with Gasteiger partial charge in [0.25, 0.3) is 0 Å². The van der Waals surface area contributed by atoms with Crippen molar-refractivity contribution in [1.29, 1.82) is 0 Å². The third-order valence-corrected chi connectivity index (χ3v) is 5.06. The van der Waals surface area contributed by atoms with Gasteiger partial charge in [-0.3, -0.25) is 0 Å². The summed E-state index contributed by atoms with van der Waals surface area (Å²) < 4.78 is 5.81. The summed E-state index contributed by atoms with van der Waals surface area (Å²) in [4.78, 5) is 0. The molecule has 2 aromatic rings. The summed E-state index contributed by atoms with van der Waals surface area (Å²) in [6, 6.07) is 11.8. The first-order chi connectivity index (χ1) is 11.2. The number of fused-ring (bicyclic) bond motifs is 1. The number of ether oxygens (including phenoxy) is 1. The highest BCUT2D eigenvalue weighted by Crippen LogP contribution is 2.38. The molecule has 3 rings (SSSR count). The van der Waals surface area contributed by atoms with Gasteiger partial charge >= 0.3 is 0 Å². The zero-order valence-electron chi connectivity index (χ0n) is 13.9. The van der Waals surface area contributed by atoms with E-state index in [0.717, 1.165) is 34.9 Å². The van der Waals surface area contributed by atoms with Crippen LogP contribution in [0.4, 0.5) is 0 Å². The molecule has 124 valence electrons. The van der Waals surface area contributed by atoms with Crippen molar-refractivity contribution in [1.82, 2.24) is 0 Å². The van der Waals surface area contributed by atoms with Crippen molar-refractivity contribution in [3.05, 3.63) is 42.0 Å². The van der Waals surface area contributed by atoms with E-state index in [1.807, 2.05) is 25.1 Å². The van der Waals surface area contributed by atoms with Crippen molar-refractivity contribution >= 4 is 10.8 Å². The van der Waals surface area contributed by atoms with E-state index in [2.05, 4.69) is 18.2 Å². The van der Waals surface area contributed by atoms with Crippen LogP contribution < -0.4 is 10.5 Å². The minimum absolute atomic E-state index is 0.298. The second-order valence-electron chi connectivity index (χ2n) is 6.55. The van der Waals surface area contributed by atoms with Gasteiger partial charge in [0.15, 0.2) is 0 Å². The summed E-state index contributed by atoms with van der Waals surface area (Å²) in [5.41, 5.74) is 7.48. The summed E-state index contributed by atoms with van der Waals surface area (Å²) in [5, 5.41) is 13.1. The SMILES string of the molecule is CCOc1ccc2ccccc2c1[C@H](N)[C@H](O)C1CCCCC1. The lowest BCUT2D eigenvalue weighted by Gasteiger charge is -2.31. The zero-order valence-corrected chi connectivity index (χ0v) is 13.9. The third kappa shape index (κ3) is 3.36. The molecule has 0 spiro atoms. The molecule has 3 nitrogen and oxygen atoms in total. The van der Waals surface area contributed by atoms with Gasteiger partial charge in [0.05, 0.1) is 18.8 Å². The van der Waals surface area contributed by atoms with Crippen LogP contribution in [0, 0.1) is 5.92 Å². The van der Waals surface area contributed by atoms with Crippen LogP contribution in [0.25, 0.3) is 10.8 Å². The van der Waals surface area contributed by atoms with Gasteiger partial charge in [-0.15, -0.1) is 0 Å². The van der Waals surface area contributed by atoms with Crippen LogP contribution in [0.5, 0.6) is 5.75 Å². The Bertz CT molecular complexity index is 649. The molecular formula is C20H27NO2. The number of benzene rings is 2. The molecule has 0 unspecified atom stereocenters. The van der Waals surface area contributed by atoms with E-state index in [9.17, 15) is 5.11 Å². The average molecular weight is 313 g/mol. The minimum atomic E-state index is -0.514. The Morgan fingerprint density at radius 3 is 2.61 bits per heavy atom. The molecule has 3 heteroatoms. The van der Waals surface area contributed by atoms with Crippen LogP contribution in [0.15, 0.2) is 36.4 Å². The first-order valence-electron chi connectivity index (χ1n) is 8.80. The van der Waals surface area contributed by atoms with Crippen LogP contribution in [-0.2, 0) is 0 Å². The molecule has 1 aliphatic carbocycles. The van der Waals surface area contributed by atoms with Crippen molar-refractivity contribution in [3.8, 4) is 5.75 Å². The smallest absolute Gasteiger partial charge is 0.124 e. The molecule has 0 aromatic heterocycles. The summed E-state index contributed by atoms with van der Waals surface area (Å²) in [7, 11) is 0. The fourth-order valence-electron chi connectivity index (χ4n) is 3.84. The first-order valence-corrected chi connectivity index (χ1v) is 8.80. The second-order valence-corrected chi connectivity index (χ2v) is 6.55. The van der Waals surface area contributed by atoms with Crippen LogP contribution in [-0.4, -0.2) is 17.8 Å². The molecule has 0 radical (unpaired) electrons. The maximum Gasteiger partial charge on any atom is 0.124 e. The van der Waals surface area contributed by atoms with Gasteiger partial charge in [-0.05, 0) is 42.5 Å². The normalized spacial score (nSPS) is 18.7. The van der Waals surface area contributed by atoms with Gasteiger partial charge in [0.1, 0.15) is 5.75 Å². The number of hydrogen-bond donors (Lipinski definition) is 2. The third-order valence-electron chi connectivity index (χ3n) is 5.06. The lowest BCUT2D eigenvalue weighted by atomic mass is 9.80. The number of hydrogen-bond acceptors (Lipinski definition) is 3. The van der Waals surface area contributed by atoms with Gasteiger partial charge < -0.3 is 15.6 Å². The number of nitrogens with two attached hydrogens (primary N) is 1. The summed E-state index contributed by atoms with van der Waals surface area (Å²) in [6.07, 6.45) is 5.30. The van der Waals surface area contributed by atoms with E-state index in [0.29, 0.717) is 12.5 Å². The Kier molecular flexibility index (Phi) is 5.19. The predicted molar refractivity (Wildman–Crippen MR) is 94.6 cm³/mol. The zero-order chi connectivity index (χ0) is 16.2. The lowest BCUT2D eigenvalue weighted by molar-refractivity contribution is 0.0613. The van der Waals surface area contributed by atoms with Crippen LogP contribution in [0.2, 0.25) is 0 Å². The van der Waals surface area contributed by atoms with E-state index in [1.165, 1.54) is 19.3 Å². The number of rotatable bonds is 5. The van der Waals surface area contributed by atoms with Gasteiger partial charge in [-0.2, -0.15) is 0 Å². The molecule has 2 atom stereocenters. The molecule has 1 aliphatic rings. The standard InChI is InChI=1S/C20H27NO2/c1-2-23-17-13-12-14-8-6-7-11-16(14)18(17)19(21)20(22)15-9-4-3-5-10-15/h6-8,11-13,15,19-20,22H,2-5,9-10,21H2,1H3/t19-,20+/m0/s1. The van der Waals surface area contributed by atoms with Crippen molar-refractivity contribution < 1.29 is 9.84 Å². The Morgan fingerprint density at radius 2 is 1.87 bits per heavy atom. The van der Waals surface area contributed by atoms with Gasteiger partial charge in [-0.25, -0.2) is 0 Å². The molecule has 0 saturated heterocycles. The molecule has 1 fully saturated rings. The highest BCUT2D eigenvalue weighted by Gasteiger charge is 2.30. The number of aliphatic hydroxyl groups excluding tert-OH is 1. The summed E-state index contributed by atoms with van der Waals surface area (Å²) in [6.45, 7) is 2.57. The van der Waals surface area contributed by atoms with Gasteiger partial charge in [-0.1, -0.05) is 49.6 Å². The maximum atomic E-state index is 10.9. The Balaban J connectivity index is 1.99. The Labute approximate surface area is 138 Å². The summed E-state index contributed by atoms with van der Waals surface area (Å²) >= 11 is 0.